The van der Waals surface area contributed by atoms with Crippen LogP contribution in [-0.2, 0) is 4.79 Å². The summed E-state index contributed by atoms with van der Waals surface area (Å²) in [4.78, 5) is 14.2. The largest absolute Gasteiger partial charge is 0.342 e. The maximum atomic E-state index is 12.2. The fourth-order valence-corrected chi connectivity index (χ4v) is 2.74. The zero-order valence-corrected chi connectivity index (χ0v) is 12.4. The highest BCUT2D eigenvalue weighted by Crippen LogP contribution is 2.17. The highest BCUT2D eigenvalue weighted by atomic mass is 16.2. The summed E-state index contributed by atoms with van der Waals surface area (Å²) in [6, 6.07) is 0.584. The Morgan fingerprint density at radius 1 is 1.22 bits per heavy atom. The molecule has 0 unspecified atom stereocenters. The molecule has 3 nitrogen and oxygen atoms in total. The molecule has 106 valence electrons. The van der Waals surface area contributed by atoms with E-state index in [1.807, 2.05) is 4.90 Å². The number of rotatable bonds is 8. The summed E-state index contributed by atoms with van der Waals surface area (Å²) < 4.78 is 0. The van der Waals surface area contributed by atoms with Crippen molar-refractivity contribution < 1.29 is 4.79 Å². The van der Waals surface area contributed by atoms with Crippen molar-refractivity contribution in [3.63, 3.8) is 0 Å². The van der Waals surface area contributed by atoms with Crippen LogP contribution in [0.4, 0.5) is 0 Å². The molecule has 0 spiro atoms. The summed E-state index contributed by atoms with van der Waals surface area (Å²) in [7, 11) is 0. The van der Waals surface area contributed by atoms with Crippen LogP contribution in [0.3, 0.4) is 0 Å². The number of likely N-dealkylation sites (N-methyl/N-ethyl adjacent to an activating group) is 1. The number of carbonyl (C=O) groups is 1. The Morgan fingerprint density at radius 2 is 1.83 bits per heavy atom. The third-order valence-corrected chi connectivity index (χ3v) is 4.26. The Hall–Kier alpha value is -0.570. The van der Waals surface area contributed by atoms with E-state index in [0.717, 1.165) is 25.9 Å². The van der Waals surface area contributed by atoms with E-state index in [1.54, 1.807) is 0 Å². The van der Waals surface area contributed by atoms with Crippen LogP contribution in [0.2, 0.25) is 0 Å². The van der Waals surface area contributed by atoms with Gasteiger partial charge in [-0.25, -0.2) is 0 Å². The molecule has 0 atom stereocenters. The first-order valence-corrected chi connectivity index (χ1v) is 7.72. The predicted octanol–water partition coefficient (Wildman–Crippen LogP) is 2.80. The minimum atomic E-state index is 0.274. The Labute approximate surface area is 112 Å². The van der Waals surface area contributed by atoms with Gasteiger partial charge in [0.1, 0.15) is 0 Å². The van der Waals surface area contributed by atoms with Gasteiger partial charge in [-0.1, -0.05) is 39.5 Å². The van der Waals surface area contributed by atoms with Gasteiger partial charge in [0.2, 0.25) is 5.91 Å². The summed E-state index contributed by atoms with van der Waals surface area (Å²) >= 11 is 0. The molecule has 1 saturated carbocycles. The van der Waals surface area contributed by atoms with Gasteiger partial charge < -0.3 is 10.2 Å². The average Bonchev–Trinajstić information content (AvgIpc) is 2.90. The van der Waals surface area contributed by atoms with Gasteiger partial charge in [-0.3, -0.25) is 4.79 Å². The van der Waals surface area contributed by atoms with E-state index < -0.39 is 0 Å². The van der Waals surface area contributed by atoms with E-state index in [4.69, 9.17) is 0 Å². The monoisotopic (exact) mass is 254 g/mol. The Kier molecular flexibility index (Phi) is 7.33. The smallest absolute Gasteiger partial charge is 0.236 e. The van der Waals surface area contributed by atoms with Gasteiger partial charge in [-0.15, -0.1) is 0 Å². The van der Waals surface area contributed by atoms with Gasteiger partial charge in [-0.05, 0) is 25.7 Å². The standard InChI is InChI=1S/C15H30N2O/c1-4-13(5-2)12-17(6-3)15(18)11-16-14-9-7-8-10-14/h13-14,16H,4-12H2,1-3H3. The van der Waals surface area contributed by atoms with Gasteiger partial charge in [-0.2, -0.15) is 0 Å². The first-order chi connectivity index (χ1) is 8.71. The lowest BCUT2D eigenvalue weighted by molar-refractivity contribution is -0.130. The molecule has 18 heavy (non-hydrogen) atoms. The fraction of sp³-hybridized carbons (Fsp3) is 0.933. The summed E-state index contributed by atoms with van der Waals surface area (Å²) in [5.74, 6) is 0.927. The highest BCUT2D eigenvalue weighted by molar-refractivity contribution is 5.78. The van der Waals surface area contributed by atoms with Crippen molar-refractivity contribution in [3.8, 4) is 0 Å². The number of carbonyl (C=O) groups excluding carboxylic acids is 1. The van der Waals surface area contributed by atoms with Crippen molar-refractivity contribution in [1.29, 1.82) is 0 Å². The van der Waals surface area contributed by atoms with Crippen molar-refractivity contribution in [3.05, 3.63) is 0 Å². The molecule has 0 heterocycles. The minimum absolute atomic E-state index is 0.274. The van der Waals surface area contributed by atoms with E-state index in [-0.39, 0.29) is 5.91 Å². The molecule has 1 rings (SSSR count). The average molecular weight is 254 g/mol. The molecule has 1 aliphatic rings. The van der Waals surface area contributed by atoms with E-state index in [0.29, 0.717) is 18.5 Å². The lowest BCUT2D eigenvalue weighted by atomic mass is 10.0. The zero-order valence-electron chi connectivity index (χ0n) is 12.4. The van der Waals surface area contributed by atoms with Crippen LogP contribution in [0, 0.1) is 5.92 Å². The van der Waals surface area contributed by atoms with Gasteiger partial charge in [0.05, 0.1) is 6.54 Å². The molecule has 0 aromatic heterocycles. The van der Waals surface area contributed by atoms with Crippen molar-refractivity contribution in [2.24, 2.45) is 5.92 Å². The topological polar surface area (TPSA) is 32.3 Å². The van der Waals surface area contributed by atoms with Gasteiger partial charge >= 0.3 is 0 Å². The van der Waals surface area contributed by atoms with Crippen molar-refractivity contribution in [1.82, 2.24) is 10.2 Å². The molecule has 3 heteroatoms. The molecular formula is C15H30N2O. The summed E-state index contributed by atoms with van der Waals surface area (Å²) in [5, 5.41) is 3.41. The maximum absolute atomic E-state index is 12.2. The second-order valence-electron chi connectivity index (χ2n) is 5.48. The van der Waals surface area contributed by atoms with Crippen LogP contribution in [0.5, 0.6) is 0 Å². The van der Waals surface area contributed by atoms with Crippen LogP contribution in [0.1, 0.15) is 59.3 Å². The zero-order chi connectivity index (χ0) is 13.4. The van der Waals surface area contributed by atoms with Crippen LogP contribution in [0.15, 0.2) is 0 Å². The molecular weight excluding hydrogens is 224 g/mol. The van der Waals surface area contributed by atoms with Crippen LogP contribution in [0.25, 0.3) is 0 Å². The predicted molar refractivity (Wildman–Crippen MR) is 76.6 cm³/mol. The van der Waals surface area contributed by atoms with Crippen LogP contribution >= 0.6 is 0 Å². The molecule has 0 aromatic carbocycles. The lowest BCUT2D eigenvalue weighted by Gasteiger charge is -2.26. The normalized spacial score (nSPS) is 16.4. The molecule has 0 aliphatic heterocycles. The Balaban J connectivity index is 2.31. The van der Waals surface area contributed by atoms with E-state index in [2.05, 4.69) is 26.1 Å². The quantitative estimate of drug-likeness (QED) is 0.722. The molecule has 1 fully saturated rings. The van der Waals surface area contributed by atoms with E-state index in [9.17, 15) is 4.79 Å². The van der Waals surface area contributed by atoms with Crippen molar-refractivity contribution >= 4 is 5.91 Å². The van der Waals surface area contributed by atoms with E-state index in [1.165, 1.54) is 25.7 Å². The minimum Gasteiger partial charge on any atom is -0.342 e. The maximum Gasteiger partial charge on any atom is 0.236 e. The molecule has 0 bridgehead atoms. The number of hydrogen-bond acceptors (Lipinski definition) is 2. The molecule has 1 N–H and O–H groups in total. The van der Waals surface area contributed by atoms with Gasteiger partial charge in [0, 0.05) is 19.1 Å². The lowest BCUT2D eigenvalue weighted by Crippen LogP contribution is -2.42. The number of nitrogens with zero attached hydrogens (tertiary/aromatic N) is 1. The second-order valence-corrected chi connectivity index (χ2v) is 5.48. The number of nitrogens with one attached hydrogen (secondary N) is 1. The first kappa shape index (κ1) is 15.5. The second kappa shape index (κ2) is 8.52. The van der Waals surface area contributed by atoms with E-state index >= 15 is 0 Å². The Morgan fingerprint density at radius 3 is 2.33 bits per heavy atom. The highest BCUT2D eigenvalue weighted by Gasteiger charge is 2.19. The molecule has 0 saturated heterocycles. The third kappa shape index (κ3) is 4.97. The number of amides is 1. The SMILES string of the molecule is CCC(CC)CN(CC)C(=O)CNC1CCCC1. The molecule has 1 amide bonds. The van der Waals surface area contributed by atoms with Crippen molar-refractivity contribution in [2.45, 2.75) is 65.3 Å². The van der Waals surface area contributed by atoms with Gasteiger partial charge in [0.15, 0.2) is 0 Å². The number of hydrogen-bond donors (Lipinski definition) is 1. The molecule has 0 aromatic rings. The molecule has 0 radical (unpaired) electrons. The summed E-state index contributed by atoms with van der Waals surface area (Å²) in [6.07, 6.45) is 7.44. The van der Waals surface area contributed by atoms with Crippen molar-refractivity contribution in [2.75, 3.05) is 19.6 Å². The summed E-state index contributed by atoms with van der Waals surface area (Å²) in [6.45, 7) is 8.79. The van der Waals surface area contributed by atoms with Crippen LogP contribution < -0.4 is 5.32 Å². The fourth-order valence-electron chi connectivity index (χ4n) is 2.74. The third-order valence-electron chi connectivity index (χ3n) is 4.26. The van der Waals surface area contributed by atoms with Gasteiger partial charge in [0.25, 0.3) is 0 Å². The van der Waals surface area contributed by atoms with Crippen LogP contribution in [-0.4, -0.2) is 36.5 Å². The Bertz CT molecular complexity index is 233. The molecule has 1 aliphatic carbocycles. The first-order valence-electron chi connectivity index (χ1n) is 7.72. The summed E-state index contributed by atoms with van der Waals surface area (Å²) in [5.41, 5.74) is 0.